The molecule has 2 rings (SSSR count). The smallest absolute Gasteiger partial charge is 0.255 e. The first kappa shape index (κ1) is 6.09. The van der Waals surface area contributed by atoms with Crippen LogP contribution in [0.25, 0.3) is 0 Å². The molecule has 0 amide bonds. The van der Waals surface area contributed by atoms with E-state index in [4.69, 9.17) is 0 Å². The highest BCUT2D eigenvalue weighted by atomic mass is 16.1. The van der Waals surface area contributed by atoms with Gasteiger partial charge in [0.2, 0.25) is 5.95 Å². The monoisotopic (exact) mass is 150 g/mol. The van der Waals surface area contributed by atoms with Gasteiger partial charge in [-0.3, -0.25) is 9.36 Å². The first-order valence-electron chi connectivity index (χ1n) is 3.21. The quantitative estimate of drug-likeness (QED) is 0.550. The van der Waals surface area contributed by atoms with Crippen LogP contribution in [0.15, 0.2) is 22.2 Å². The van der Waals surface area contributed by atoms with E-state index >= 15 is 0 Å². The molecule has 1 aromatic rings. The van der Waals surface area contributed by atoms with Gasteiger partial charge in [0.05, 0.1) is 6.54 Å². The fraction of sp³-hybridized carbons (Fsp3) is 0.167. The number of hydrazone groups is 1. The first-order valence-corrected chi connectivity index (χ1v) is 3.21. The Morgan fingerprint density at radius 3 is 3.36 bits per heavy atom. The van der Waals surface area contributed by atoms with Crippen molar-refractivity contribution in [2.24, 2.45) is 5.10 Å². The predicted octanol–water partition coefficient (Wildman–Crippen LogP) is -0.345. The lowest BCUT2D eigenvalue weighted by Crippen LogP contribution is -2.26. The minimum atomic E-state index is -0.0614. The van der Waals surface area contributed by atoms with Crippen molar-refractivity contribution in [1.82, 2.24) is 9.55 Å². The van der Waals surface area contributed by atoms with Crippen LogP contribution in [-0.4, -0.2) is 15.8 Å². The summed E-state index contributed by atoms with van der Waals surface area (Å²) in [4.78, 5) is 15.0. The van der Waals surface area contributed by atoms with Crippen LogP contribution in [0.2, 0.25) is 0 Å². The van der Waals surface area contributed by atoms with Crippen LogP contribution in [0.4, 0.5) is 5.95 Å². The molecule has 0 unspecified atom stereocenters. The molecule has 5 nitrogen and oxygen atoms in total. The van der Waals surface area contributed by atoms with E-state index in [1.54, 1.807) is 6.21 Å². The number of fused-ring (bicyclic) bond motifs is 1. The zero-order valence-electron chi connectivity index (χ0n) is 5.69. The fourth-order valence-electron chi connectivity index (χ4n) is 0.927. The minimum Gasteiger partial charge on any atom is -0.272 e. The Hall–Kier alpha value is -1.65. The highest BCUT2D eigenvalue weighted by Gasteiger charge is 2.04. The molecule has 0 radical (unpaired) electrons. The molecular weight excluding hydrogens is 144 g/mol. The molecule has 1 N–H and O–H groups in total. The Bertz CT molecular complexity index is 354. The number of aromatic nitrogens is 2. The van der Waals surface area contributed by atoms with E-state index < -0.39 is 0 Å². The van der Waals surface area contributed by atoms with Crippen molar-refractivity contribution in [1.29, 1.82) is 0 Å². The van der Waals surface area contributed by atoms with Gasteiger partial charge < -0.3 is 0 Å². The van der Waals surface area contributed by atoms with Crippen molar-refractivity contribution in [2.75, 3.05) is 5.43 Å². The van der Waals surface area contributed by atoms with E-state index in [0.717, 1.165) is 0 Å². The van der Waals surface area contributed by atoms with Crippen molar-refractivity contribution < 1.29 is 0 Å². The van der Waals surface area contributed by atoms with Crippen LogP contribution in [0.3, 0.4) is 0 Å². The maximum absolute atomic E-state index is 11.1. The lowest BCUT2D eigenvalue weighted by molar-refractivity contribution is 0.773. The molecule has 56 valence electrons. The molecule has 0 fully saturated rings. The third-order valence-electron chi connectivity index (χ3n) is 1.46. The summed E-state index contributed by atoms with van der Waals surface area (Å²) in [6.45, 7) is 0.495. The van der Waals surface area contributed by atoms with Crippen LogP contribution in [-0.2, 0) is 6.54 Å². The second-order valence-electron chi connectivity index (χ2n) is 2.14. The summed E-state index contributed by atoms with van der Waals surface area (Å²) in [6.07, 6.45) is 3.08. The molecule has 5 heteroatoms. The number of anilines is 1. The Balaban J connectivity index is 2.63. The molecule has 0 spiro atoms. The summed E-state index contributed by atoms with van der Waals surface area (Å²) in [5.41, 5.74) is 2.56. The largest absolute Gasteiger partial charge is 0.272 e. The zero-order chi connectivity index (χ0) is 7.68. The highest BCUT2D eigenvalue weighted by molar-refractivity contribution is 5.61. The van der Waals surface area contributed by atoms with Gasteiger partial charge >= 0.3 is 0 Å². The zero-order valence-corrected chi connectivity index (χ0v) is 5.69. The Kier molecular flexibility index (Phi) is 1.21. The minimum absolute atomic E-state index is 0.0614. The third kappa shape index (κ3) is 0.899. The Morgan fingerprint density at radius 1 is 1.64 bits per heavy atom. The third-order valence-corrected chi connectivity index (χ3v) is 1.46. The molecule has 0 bridgehead atoms. The SMILES string of the molecule is O=c1ccnc2n1CC=NN2. The summed E-state index contributed by atoms with van der Waals surface area (Å²) >= 11 is 0. The maximum atomic E-state index is 11.1. The standard InChI is InChI=1S/C6H6N4O/c11-5-1-2-7-6-9-8-3-4-10(5)6/h1-3H,4H2,(H,7,9). The van der Waals surface area contributed by atoms with E-state index in [2.05, 4.69) is 15.5 Å². The number of hydrogen-bond acceptors (Lipinski definition) is 4. The second kappa shape index (κ2) is 2.19. The molecule has 11 heavy (non-hydrogen) atoms. The van der Waals surface area contributed by atoms with E-state index in [0.29, 0.717) is 12.5 Å². The molecule has 1 aliphatic rings. The van der Waals surface area contributed by atoms with E-state index in [1.807, 2.05) is 0 Å². The Morgan fingerprint density at radius 2 is 2.55 bits per heavy atom. The van der Waals surface area contributed by atoms with Gasteiger partial charge in [-0.2, -0.15) is 5.10 Å². The van der Waals surface area contributed by atoms with Crippen molar-refractivity contribution >= 4 is 12.2 Å². The first-order chi connectivity index (χ1) is 5.38. The number of nitrogens with one attached hydrogen (secondary N) is 1. The number of nitrogens with zero attached hydrogens (tertiary/aromatic N) is 3. The van der Waals surface area contributed by atoms with Gasteiger partial charge in [-0.25, -0.2) is 10.4 Å². The normalized spacial score (nSPS) is 13.8. The molecule has 2 heterocycles. The van der Waals surface area contributed by atoms with Crippen molar-refractivity contribution in [3.05, 3.63) is 22.6 Å². The summed E-state index contributed by atoms with van der Waals surface area (Å²) in [6, 6.07) is 1.42. The van der Waals surface area contributed by atoms with E-state index in [-0.39, 0.29) is 5.56 Å². The maximum Gasteiger partial charge on any atom is 0.255 e. The molecule has 0 atom stereocenters. The van der Waals surface area contributed by atoms with Gasteiger partial charge in [-0.15, -0.1) is 0 Å². The second-order valence-corrected chi connectivity index (χ2v) is 2.14. The van der Waals surface area contributed by atoms with Crippen molar-refractivity contribution in [3.63, 3.8) is 0 Å². The molecule has 1 aromatic heterocycles. The number of rotatable bonds is 0. The van der Waals surface area contributed by atoms with Crippen LogP contribution in [0.1, 0.15) is 0 Å². The van der Waals surface area contributed by atoms with Gasteiger partial charge in [0.1, 0.15) is 0 Å². The van der Waals surface area contributed by atoms with Crippen LogP contribution < -0.4 is 11.0 Å². The number of hydrogen-bond donors (Lipinski definition) is 1. The van der Waals surface area contributed by atoms with Crippen molar-refractivity contribution in [2.45, 2.75) is 6.54 Å². The van der Waals surface area contributed by atoms with Crippen LogP contribution in [0, 0.1) is 0 Å². The van der Waals surface area contributed by atoms with Gasteiger partial charge in [0.15, 0.2) is 0 Å². The molecule has 0 saturated heterocycles. The summed E-state index contributed by atoms with van der Waals surface area (Å²) in [7, 11) is 0. The van der Waals surface area contributed by atoms with Gasteiger partial charge in [0.25, 0.3) is 5.56 Å². The molecule has 1 aliphatic heterocycles. The predicted molar refractivity (Wildman–Crippen MR) is 40.6 cm³/mol. The van der Waals surface area contributed by atoms with Gasteiger partial charge in [0, 0.05) is 18.5 Å². The summed E-state index contributed by atoms with van der Waals surface area (Å²) < 4.78 is 1.51. The topological polar surface area (TPSA) is 59.3 Å². The van der Waals surface area contributed by atoms with Crippen LogP contribution >= 0.6 is 0 Å². The Labute approximate surface area is 62.4 Å². The lowest BCUT2D eigenvalue weighted by Gasteiger charge is -2.11. The molecule has 0 saturated carbocycles. The molecule has 0 aliphatic carbocycles. The van der Waals surface area contributed by atoms with E-state index in [9.17, 15) is 4.79 Å². The summed E-state index contributed by atoms with van der Waals surface area (Å²) in [5, 5.41) is 3.76. The van der Waals surface area contributed by atoms with Gasteiger partial charge in [-0.05, 0) is 0 Å². The van der Waals surface area contributed by atoms with Crippen LogP contribution in [0.5, 0.6) is 0 Å². The molecular formula is C6H6N4O. The van der Waals surface area contributed by atoms with Gasteiger partial charge in [-0.1, -0.05) is 0 Å². The summed E-state index contributed by atoms with van der Waals surface area (Å²) in [5.74, 6) is 0.500. The fourth-order valence-corrected chi connectivity index (χ4v) is 0.927. The highest BCUT2D eigenvalue weighted by Crippen LogP contribution is 2.00. The molecule has 0 aromatic carbocycles. The van der Waals surface area contributed by atoms with Crippen molar-refractivity contribution in [3.8, 4) is 0 Å². The average Bonchev–Trinajstić information content (AvgIpc) is 2.06. The average molecular weight is 150 g/mol. The van der Waals surface area contributed by atoms with E-state index in [1.165, 1.54) is 16.8 Å². The lowest BCUT2D eigenvalue weighted by atomic mass is 10.5.